The van der Waals surface area contributed by atoms with Crippen LogP contribution in [-0.2, 0) is 6.54 Å². The number of hydrogen-bond donors (Lipinski definition) is 1. The Labute approximate surface area is 146 Å². The standard InChI is InChI=1S/C19H21N5O/c1-13-8-15(3)24(23-13)11-14(2)22-19(25)18-7-5-4-6-17(18)16-9-20-12-21-10-16/h4-10,12,14H,11H2,1-3H3,(H,22,25). The molecule has 1 atom stereocenters. The van der Waals surface area contributed by atoms with Crippen molar-refractivity contribution in [3.05, 3.63) is 66.0 Å². The quantitative estimate of drug-likeness (QED) is 0.778. The number of aryl methyl sites for hydroxylation is 2. The molecule has 0 spiro atoms. The van der Waals surface area contributed by atoms with Gasteiger partial charge in [-0.15, -0.1) is 0 Å². The second kappa shape index (κ2) is 7.25. The first-order chi connectivity index (χ1) is 12.0. The molecule has 0 aliphatic heterocycles. The van der Waals surface area contributed by atoms with E-state index < -0.39 is 0 Å². The van der Waals surface area contributed by atoms with Gasteiger partial charge in [0.25, 0.3) is 5.91 Å². The molecule has 3 aromatic rings. The summed E-state index contributed by atoms with van der Waals surface area (Å²) >= 11 is 0. The molecule has 6 heteroatoms. The molecule has 0 aliphatic rings. The van der Waals surface area contributed by atoms with Crippen LogP contribution < -0.4 is 5.32 Å². The molecule has 0 fully saturated rings. The van der Waals surface area contributed by atoms with Crippen molar-refractivity contribution in [1.82, 2.24) is 25.1 Å². The summed E-state index contributed by atoms with van der Waals surface area (Å²) in [5.74, 6) is -0.117. The van der Waals surface area contributed by atoms with E-state index in [2.05, 4.69) is 20.4 Å². The zero-order chi connectivity index (χ0) is 17.8. The Morgan fingerprint density at radius 3 is 2.60 bits per heavy atom. The van der Waals surface area contributed by atoms with Crippen molar-refractivity contribution in [2.45, 2.75) is 33.4 Å². The molecule has 0 radical (unpaired) electrons. The van der Waals surface area contributed by atoms with E-state index >= 15 is 0 Å². The summed E-state index contributed by atoms with van der Waals surface area (Å²) in [6.45, 7) is 6.58. The average molecular weight is 335 g/mol. The molecule has 1 unspecified atom stereocenters. The molecular weight excluding hydrogens is 314 g/mol. The van der Waals surface area contributed by atoms with Crippen LogP contribution in [0, 0.1) is 13.8 Å². The third-order valence-electron chi connectivity index (χ3n) is 3.97. The first-order valence-corrected chi connectivity index (χ1v) is 8.21. The summed E-state index contributed by atoms with van der Waals surface area (Å²) in [6.07, 6.45) is 4.89. The van der Waals surface area contributed by atoms with Gasteiger partial charge in [0, 0.05) is 35.3 Å². The molecule has 1 N–H and O–H groups in total. The lowest BCUT2D eigenvalue weighted by atomic mass is 10.0. The fourth-order valence-corrected chi connectivity index (χ4v) is 2.84. The van der Waals surface area contributed by atoms with Crippen molar-refractivity contribution in [3.63, 3.8) is 0 Å². The number of aromatic nitrogens is 4. The van der Waals surface area contributed by atoms with Crippen molar-refractivity contribution in [1.29, 1.82) is 0 Å². The number of nitrogens with zero attached hydrogens (tertiary/aromatic N) is 4. The second-order valence-corrected chi connectivity index (χ2v) is 6.16. The molecule has 0 aliphatic carbocycles. The Morgan fingerprint density at radius 2 is 1.92 bits per heavy atom. The van der Waals surface area contributed by atoms with Crippen LogP contribution in [0.3, 0.4) is 0 Å². The van der Waals surface area contributed by atoms with Crippen molar-refractivity contribution < 1.29 is 4.79 Å². The van der Waals surface area contributed by atoms with Crippen LogP contribution in [0.4, 0.5) is 0 Å². The Balaban J connectivity index is 1.76. The fraction of sp³-hybridized carbons (Fsp3) is 0.263. The second-order valence-electron chi connectivity index (χ2n) is 6.16. The van der Waals surface area contributed by atoms with Gasteiger partial charge >= 0.3 is 0 Å². The number of benzene rings is 1. The van der Waals surface area contributed by atoms with Gasteiger partial charge in [0.15, 0.2) is 0 Å². The number of nitrogens with one attached hydrogen (secondary N) is 1. The Hall–Kier alpha value is -3.02. The maximum atomic E-state index is 12.7. The van der Waals surface area contributed by atoms with E-state index in [1.807, 2.05) is 55.8 Å². The van der Waals surface area contributed by atoms with E-state index in [9.17, 15) is 4.79 Å². The highest BCUT2D eigenvalue weighted by molar-refractivity contribution is 6.00. The van der Waals surface area contributed by atoms with Gasteiger partial charge in [-0.3, -0.25) is 9.48 Å². The molecule has 1 aromatic carbocycles. The van der Waals surface area contributed by atoms with Gasteiger partial charge in [-0.2, -0.15) is 5.10 Å². The lowest BCUT2D eigenvalue weighted by molar-refractivity contribution is 0.0936. The zero-order valence-electron chi connectivity index (χ0n) is 14.6. The summed E-state index contributed by atoms with van der Waals surface area (Å²) in [6, 6.07) is 9.45. The summed E-state index contributed by atoms with van der Waals surface area (Å²) in [5, 5.41) is 7.49. The first kappa shape index (κ1) is 16.8. The highest BCUT2D eigenvalue weighted by Gasteiger charge is 2.16. The number of carbonyl (C=O) groups excluding carboxylic acids is 1. The lowest BCUT2D eigenvalue weighted by Gasteiger charge is -2.16. The van der Waals surface area contributed by atoms with Crippen molar-refractivity contribution in [2.24, 2.45) is 0 Å². The van der Waals surface area contributed by atoms with E-state index in [1.165, 1.54) is 6.33 Å². The van der Waals surface area contributed by atoms with Crippen LogP contribution in [0.25, 0.3) is 11.1 Å². The van der Waals surface area contributed by atoms with Gasteiger partial charge in [-0.25, -0.2) is 9.97 Å². The Bertz CT molecular complexity index is 873. The average Bonchev–Trinajstić information content (AvgIpc) is 2.92. The number of amides is 1. The number of rotatable bonds is 5. The summed E-state index contributed by atoms with van der Waals surface area (Å²) in [7, 11) is 0. The molecule has 0 saturated heterocycles. The van der Waals surface area contributed by atoms with Gasteiger partial charge < -0.3 is 5.32 Å². The van der Waals surface area contributed by atoms with Gasteiger partial charge in [0.05, 0.1) is 12.2 Å². The monoisotopic (exact) mass is 335 g/mol. The van der Waals surface area contributed by atoms with E-state index in [4.69, 9.17) is 0 Å². The van der Waals surface area contributed by atoms with E-state index in [0.717, 1.165) is 22.5 Å². The van der Waals surface area contributed by atoms with Crippen LogP contribution in [-0.4, -0.2) is 31.7 Å². The van der Waals surface area contributed by atoms with E-state index in [-0.39, 0.29) is 11.9 Å². The zero-order valence-corrected chi connectivity index (χ0v) is 14.6. The maximum Gasteiger partial charge on any atom is 0.252 e. The summed E-state index contributed by atoms with van der Waals surface area (Å²) in [4.78, 5) is 20.8. The van der Waals surface area contributed by atoms with Crippen molar-refractivity contribution in [2.75, 3.05) is 0 Å². The molecule has 2 aromatic heterocycles. The first-order valence-electron chi connectivity index (χ1n) is 8.21. The van der Waals surface area contributed by atoms with Gasteiger partial charge in [-0.1, -0.05) is 18.2 Å². The number of carbonyl (C=O) groups is 1. The normalized spacial score (nSPS) is 12.0. The molecule has 128 valence electrons. The largest absolute Gasteiger partial charge is 0.348 e. The fourth-order valence-electron chi connectivity index (χ4n) is 2.84. The topological polar surface area (TPSA) is 72.7 Å². The molecule has 1 amide bonds. The van der Waals surface area contributed by atoms with Crippen LogP contribution in [0.2, 0.25) is 0 Å². The minimum atomic E-state index is -0.117. The number of hydrogen-bond acceptors (Lipinski definition) is 4. The third-order valence-corrected chi connectivity index (χ3v) is 3.97. The van der Waals surface area contributed by atoms with Crippen molar-refractivity contribution in [3.8, 4) is 11.1 Å². The SMILES string of the molecule is Cc1cc(C)n(CC(C)NC(=O)c2ccccc2-c2cncnc2)n1. The van der Waals surface area contributed by atoms with Crippen LogP contribution >= 0.6 is 0 Å². The van der Waals surface area contributed by atoms with Gasteiger partial charge in [0.2, 0.25) is 0 Å². The van der Waals surface area contributed by atoms with Gasteiger partial charge in [-0.05, 0) is 38.5 Å². The Morgan fingerprint density at radius 1 is 1.20 bits per heavy atom. The van der Waals surface area contributed by atoms with E-state index in [0.29, 0.717) is 12.1 Å². The third kappa shape index (κ3) is 3.91. The Kier molecular flexibility index (Phi) is 4.88. The molecule has 0 saturated carbocycles. The highest BCUT2D eigenvalue weighted by atomic mass is 16.1. The molecule has 2 heterocycles. The maximum absolute atomic E-state index is 12.7. The minimum Gasteiger partial charge on any atom is -0.348 e. The molecule has 3 rings (SSSR count). The molecule has 6 nitrogen and oxygen atoms in total. The van der Waals surface area contributed by atoms with E-state index in [1.54, 1.807) is 12.4 Å². The molecular formula is C19H21N5O. The van der Waals surface area contributed by atoms with Gasteiger partial charge in [0.1, 0.15) is 6.33 Å². The smallest absolute Gasteiger partial charge is 0.252 e. The summed E-state index contributed by atoms with van der Waals surface area (Å²) in [5.41, 5.74) is 4.31. The predicted octanol–water partition coefficient (Wildman–Crippen LogP) is 2.78. The molecule has 25 heavy (non-hydrogen) atoms. The highest BCUT2D eigenvalue weighted by Crippen LogP contribution is 2.22. The predicted molar refractivity (Wildman–Crippen MR) is 96.1 cm³/mol. The molecule has 0 bridgehead atoms. The van der Waals surface area contributed by atoms with Crippen LogP contribution in [0.15, 0.2) is 49.1 Å². The summed E-state index contributed by atoms with van der Waals surface area (Å²) < 4.78 is 1.91. The minimum absolute atomic E-state index is 0.0504. The van der Waals surface area contributed by atoms with Crippen molar-refractivity contribution >= 4 is 5.91 Å². The lowest BCUT2D eigenvalue weighted by Crippen LogP contribution is -2.36. The van der Waals surface area contributed by atoms with Crippen LogP contribution in [0.1, 0.15) is 28.7 Å². The van der Waals surface area contributed by atoms with Crippen LogP contribution in [0.5, 0.6) is 0 Å².